The van der Waals surface area contributed by atoms with Gasteiger partial charge in [0.25, 0.3) is 0 Å². The molecule has 0 bridgehead atoms. The van der Waals surface area contributed by atoms with Gasteiger partial charge in [0, 0.05) is 12.0 Å². The van der Waals surface area contributed by atoms with Crippen molar-refractivity contribution in [2.75, 3.05) is 20.8 Å². The molecular formula is C25H28O13. The summed E-state index contributed by atoms with van der Waals surface area (Å²) in [5, 5.41) is 61.8. The lowest BCUT2D eigenvalue weighted by atomic mass is 9.87. The first kappa shape index (κ1) is 27.4. The highest BCUT2D eigenvalue weighted by Crippen LogP contribution is 2.42. The molecule has 6 atom stereocenters. The Morgan fingerprint density at radius 3 is 2.26 bits per heavy atom. The molecule has 0 saturated carbocycles. The average Bonchev–Trinajstić information content (AvgIpc) is 2.91. The Bertz CT molecular complexity index is 1190. The van der Waals surface area contributed by atoms with E-state index in [1.165, 1.54) is 38.5 Å². The number of hydrogen-bond donors (Lipinski definition) is 6. The summed E-state index contributed by atoms with van der Waals surface area (Å²) in [5.41, 5.74) is -0.155. The number of esters is 1. The van der Waals surface area contributed by atoms with Crippen LogP contribution in [0, 0.1) is 0 Å². The molecule has 206 valence electrons. The van der Waals surface area contributed by atoms with Gasteiger partial charge in [-0.15, -0.1) is 0 Å². The topological polar surface area (TPSA) is 202 Å². The zero-order valence-electron chi connectivity index (χ0n) is 20.4. The number of ether oxygens (including phenoxy) is 5. The van der Waals surface area contributed by atoms with Gasteiger partial charge in [0.05, 0.1) is 31.5 Å². The molecule has 6 N–H and O–H groups in total. The third-order valence-corrected chi connectivity index (χ3v) is 6.45. The van der Waals surface area contributed by atoms with Crippen LogP contribution in [-0.2, 0) is 9.47 Å². The average molecular weight is 536 g/mol. The van der Waals surface area contributed by atoms with Crippen LogP contribution < -0.4 is 14.2 Å². The van der Waals surface area contributed by atoms with Gasteiger partial charge in [-0.2, -0.15) is 0 Å². The highest BCUT2D eigenvalue weighted by atomic mass is 16.7. The van der Waals surface area contributed by atoms with E-state index >= 15 is 0 Å². The van der Waals surface area contributed by atoms with E-state index in [0.29, 0.717) is 0 Å². The number of phenolic OH excluding ortho intramolecular Hbond substituents is 2. The zero-order chi connectivity index (χ0) is 27.7. The second-order valence-electron chi connectivity index (χ2n) is 8.81. The van der Waals surface area contributed by atoms with E-state index in [1.807, 2.05) is 0 Å². The van der Waals surface area contributed by atoms with Gasteiger partial charge in [-0.25, -0.2) is 4.79 Å². The second-order valence-corrected chi connectivity index (χ2v) is 8.81. The van der Waals surface area contributed by atoms with Crippen LogP contribution in [0.4, 0.5) is 0 Å². The third-order valence-electron chi connectivity index (χ3n) is 6.45. The van der Waals surface area contributed by atoms with Crippen LogP contribution in [0.3, 0.4) is 0 Å². The van der Waals surface area contributed by atoms with Gasteiger partial charge in [0.2, 0.25) is 12.0 Å². The lowest BCUT2D eigenvalue weighted by molar-refractivity contribution is -0.277. The number of phenols is 2. The van der Waals surface area contributed by atoms with Crippen molar-refractivity contribution in [3.63, 3.8) is 0 Å². The molecule has 4 rings (SSSR count). The van der Waals surface area contributed by atoms with Gasteiger partial charge in [-0.05, 0) is 30.7 Å². The van der Waals surface area contributed by atoms with Crippen molar-refractivity contribution in [1.29, 1.82) is 0 Å². The molecule has 2 aromatic rings. The molecule has 0 radical (unpaired) electrons. The molecule has 0 spiro atoms. The van der Waals surface area contributed by atoms with E-state index in [4.69, 9.17) is 23.7 Å². The first-order chi connectivity index (χ1) is 18.1. The van der Waals surface area contributed by atoms with Gasteiger partial charge in [-0.3, -0.25) is 4.79 Å². The Morgan fingerprint density at radius 2 is 1.63 bits per heavy atom. The number of carbonyl (C=O) groups is 2. The van der Waals surface area contributed by atoms with Crippen LogP contribution in [0.5, 0.6) is 28.7 Å². The number of benzene rings is 2. The summed E-state index contributed by atoms with van der Waals surface area (Å²) in [5.74, 6) is -2.14. The normalized spacial score (nSPS) is 26.8. The summed E-state index contributed by atoms with van der Waals surface area (Å²) >= 11 is 0. The highest BCUT2D eigenvalue weighted by Gasteiger charge is 2.46. The van der Waals surface area contributed by atoms with Gasteiger partial charge >= 0.3 is 5.97 Å². The minimum Gasteiger partial charge on any atom is -0.507 e. The third kappa shape index (κ3) is 5.06. The van der Waals surface area contributed by atoms with Crippen molar-refractivity contribution < 1.29 is 63.9 Å². The summed E-state index contributed by atoms with van der Waals surface area (Å²) in [6.45, 7) is -0.579. The van der Waals surface area contributed by atoms with Crippen molar-refractivity contribution in [3.8, 4) is 28.7 Å². The van der Waals surface area contributed by atoms with Gasteiger partial charge in [0.15, 0.2) is 17.3 Å². The number of hydrogen-bond acceptors (Lipinski definition) is 13. The highest BCUT2D eigenvalue weighted by molar-refractivity contribution is 6.01. The largest absolute Gasteiger partial charge is 0.507 e. The fourth-order valence-corrected chi connectivity index (χ4v) is 4.38. The van der Waals surface area contributed by atoms with E-state index < -0.39 is 55.2 Å². The molecule has 13 nitrogen and oxygen atoms in total. The number of Topliss-reactive ketones (excluding diaryl/α,β-unsaturated/α-hetero) is 1. The van der Waals surface area contributed by atoms with E-state index in [-0.39, 0.29) is 58.3 Å². The number of aliphatic hydroxyl groups excluding tert-OH is 4. The molecule has 38 heavy (non-hydrogen) atoms. The number of carbonyl (C=O) groups excluding carboxylic acids is 2. The maximum atomic E-state index is 12.6. The van der Waals surface area contributed by atoms with Gasteiger partial charge in [-0.1, -0.05) is 0 Å². The molecule has 13 heteroatoms. The predicted molar refractivity (Wildman–Crippen MR) is 125 cm³/mol. The van der Waals surface area contributed by atoms with Crippen molar-refractivity contribution in [1.82, 2.24) is 0 Å². The van der Waals surface area contributed by atoms with Crippen LogP contribution in [-0.4, -0.2) is 93.9 Å². The van der Waals surface area contributed by atoms with E-state index in [9.17, 15) is 40.2 Å². The van der Waals surface area contributed by atoms with E-state index in [2.05, 4.69) is 0 Å². The maximum absolute atomic E-state index is 12.6. The summed E-state index contributed by atoms with van der Waals surface area (Å²) in [6, 6.07) is 4.88. The van der Waals surface area contributed by atoms with Crippen LogP contribution in [0.15, 0.2) is 24.3 Å². The van der Waals surface area contributed by atoms with Crippen molar-refractivity contribution in [3.05, 3.63) is 41.0 Å². The van der Waals surface area contributed by atoms with Crippen LogP contribution >= 0.6 is 0 Å². The summed E-state index contributed by atoms with van der Waals surface area (Å²) in [4.78, 5) is 25.0. The Hall–Kier alpha value is -3.62. The minimum absolute atomic E-state index is 0.0101. The van der Waals surface area contributed by atoms with Crippen molar-refractivity contribution in [2.24, 2.45) is 0 Å². The Morgan fingerprint density at radius 1 is 0.974 bits per heavy atom. The molecule has 1 heterocycles. The first-order valence-electron chi connectivity index (χ1n) is 11.6. The first-order valence-corrected chi connectivity index (χ1v) is 11.6. The lowest BCUT2D eigenvalue weighted by Crippen LogP contribution is -2.60. The van der Waals surface area contributed by atoms with Crippen molar-refractivity contribution >= 4 is 11.8 Å². The standard InChI is InChI=1S/C25H28O13/c1-34-15-7-10(8-16(35-2)20(15)29)24(33)36-9-17-21(30)22(31)23(32)25(38-17)37-14-6-5-12(27)18-11(26)3-4-13(28)19(14)18/h5-8,13,17,21-23,25,27-32H,3-4,9H2,1-2H3/t13?,17-,21-,22+,23-,25-/m1/s1. The maximum Gasteiger partial charge on any atom is 0.338 e. The molecule has 1 aliphatic carbocycles. The Balaban J connectivity index is 1.51. The summed E-state index contributed by atoms with van der Waals surface area (Å²) in [7, 11) is 2.56. The molecule has 1 unspecified atom stereocenters. The number of aromatic hydroxyl groups is 2. The van der Waals surface area contributed by atoms with Crippen molar-refractivity contribution in [2.45, 2.75) is 49.7 Å². The van der Waals surface area contributed by atoms with E-state index in [1.54, 1.807) is 0 Å². The Kier molecular flexibility index (Phi) is 7.94. The molecule has 0 amide bonds. The molecule has 0 aromatic heterocycles. The SMILES string of the molecule is COc1cc(C(=O)OC[C@H]2O[C@@H](Oc3ccc(O)c4c3C(O)CCC4=O)[C@H](O)[C@@H](O)[C@@H]2O)cc(OC)c1O. The second kappa shape index (κ2) is 11.0. The lowest BCUT2D eigenvalue weighted by Gasteiger charge is -2.40. The summed E-state index contributed by atoms with van der Waals surface area (Å²) in [6.07, 6.45) is -9.21. The van der Waals surface area contributed by atoms with E-state index in [0.717, 1.165) is 0 Å². The minimum atomic E-state index is -1.77. The van der Waals surface area contributed by atoms with Crippen LogP contribution in [0.1, 0.15) is 45.2 Å². The number of aliphatic hydroxyl groups is 4. The molecule has 2 aromatic carbocycles. The smallest absolute Gasteiger partial charge is 0.338 e. The molecule has 1 aliphatic heterocycles. The quantitative estimate of drug-likeness (QED) is 0.262. The van der Waals surface area contributed by atoms with Crippen LogP contribution in [0.25, 0.3) is 0 Å². The monoisotopic (exact) mass is 536 g/mol. The number of rotatable bonds is 7. The summed E-state index contributed by atoms with van der Waals surface area (Å²) < 4.78 is 26.5. The molecule has 2 aliphatic rings. The fourth-order valence-electron chi connectivity index (χ4n) is 4.38. The van der Waals surface area contributed by atoms with Crippen LogP contribution in [0.2, 0.25) is 0 Å². The van der Waals surface area contributed by atoms with Gasteiger partial charge < -0.3 is 54.3 Å². The molecular weight excluding hydrogens is 508 g/mol. The fraction of sp³-hybridized carbons (Fsp3) is 0.440. The predicted octanol–water partition coefficient (Wildman–Crippen LogP) is 0.168. The van der Waals surface area contributed by atoms with Gasteiger partial charge in [0.1, 0.15) is 42.5 Å². The Labute approximate surface area is 216 Å². The zero-order valence-corrected chi connectivity index (χ0v) is 20.4. The number of fused-ring (bicyclic) bond motifs is 1. The number of methoxy groups -OCH3 is 2. The molecule has 1 saturated heterocycles. The number of ketones is 1. The molecule has 1 fully saturated rings.